The normalized spacial score (nSPS) is 15.9. The van der Waals surface area contributed by atoms with Gasteiger partial charge in [0.2, 0.25) is 6.41 Å². The van der Waals surface area contributed by atoms with Crippen LogP contribution in [-0.2, 0) is 9.53 Å². The Morgan fingerprint density at radius 3 is 2.12 bits per heavy atom. The number of carbonyl (C=O) groups excluding carboxylic acids is 2. The van der Waals surface area contributed by atoms with E-state index in [0.29, 0.717) is 5.92 Å². The Balaban J connectivity index is 0.000000318. The van der Waals surface area contributed by atoms with Crippen LogP contribution in [0.1, 0.15) is 33.6 Å². The van der Waals surface area contributed by atoms with Gasteiger partial charge in [0.15, 0.2) is 0 Å². The average Bonchev–Trinajstić information content (AvgIpc) is 2.82. The van der Waals surface area contributed by atoms with Crippen LogP contribution in [0.15, 0.2) is 0 Å². The highest BCUT2D eigenvalue weighted by Gasteiger charge is 2.09. The first-order valence-corrected chi connectivity index (χ1v) is 6.05. The van der Waals surface area contributed by atoms with Crippen LogP contribution in [-0.4, -0.2) is 43.6 Å². The molecule has 1 heterocycles. The molecular formula is C12H24N2O3. The molecule has 1 aliphatic rings. The van der Waals surface area contributed by atoms with Crippen molar-refractivity contribution in [2.75, 3.05) is 20.2 Å². The quantitative estimate of drug-likeness (QED) is 0.768. The van der Waals surface area contributed by atoms with Crippen molar-refractivity contribution in [1.29, 1.82) is 0 Å². The van der Waals surface area contributed by atoms with Gasteiger partial charge in [-0.25, -0.2) is 4.79 Å². The van der Waals surface area contributed by atoms with Gasteiger partial charge in [-0.3, -0.25) is 4.79 Å². The van der Waals surface area contributed by atoms with Gasteiger partial charge < -0.3 is 15.0 Å². The SMILES string of the molecule is COC(=O)NC(C)C(C)C.O=CN1CCCC1. The summed E-state index contributed by atoms with van der Waals surface area (Å²) < 4.78 is 4.42. The number of rotatable bonds is 3. The molecule has 1 N–H and O–H groups in total. The fourth-order valence-corrected chi connectivity index (χ4v) is 1.26. The lowest BCUT2D eigenvalue weighted by molar-refractivity contribution is -0.117. The second-order valence-corrected chi connectivity index (χ2v) is 4.52. The molecule has 0 saturated carbocycles. The Morgan fingerprint density at radius 2 is 1.82 bits per heavy atom. The molecule has 1 rings (SSSR count). The summed E-state index contributed by atoms with van der Waals surface area (Å²) in [5.41, 5.74) is 0. The number of nitrogens with zero attached hydrogens (tertiary/aromatic N) is 1. The maximum atomic E-state index is 10.6. The molecule has 0 aliphatic carbocycles. The second-order valence-electron chi connectivity index (χ2n) is 4.52. The van der Waals surface area contributed by atoms with E-state index in [2.05, 4.69) is 10.1 Å². The summed E-state index contributed by atoms with van der Waals surface area (Å²) in [5.74, 6) is 0.444. The minimum Gasteiger partial charge on any atom is -0.453 e. The molecule has 0 aromatic rings. The summed E-state index contributed by atoms with van der Waals surface area (Å²) in [5, 5.41) is 2.67. The molecule has 0 spiro atoms. The Labute approximate surface area is 103 Å². The maximum Gasteiger partial charge on any atom is 0.407 e. The third-order valence-corrected chi connectivity index (χ3v) is 2.82. The highest BCUT2D eigenvalue weighted by molar-refractivity contribution is 5.67. The summed E-state index contributed by atoms with van der Waals surface area (Å²) in [7, 11) is 1.36. The molecule has 1 atom stereocenters. The van der Waals surface area contributed by atoms with Crippen molar-refractivity contribution in [3.05, 3.63) is 0 Å². The van der Waals surface area contributed by atoms with Crippen LogP contribution < -0.4 is 5.32 Å². The lowest BCUT2D eigenvalue weighted by Crippen LogP contribution is -2.35. The zero-order valence-corrected chi connectivity index (χ0v) is 11.2. The van der Waals surface area contributed by atoms with Crippen LogP contribution in [0, 0.1) is 5.92 Å². The molecule has 17 heavy (non-hydrogen) atoms. The van der Waals surface area contributed by atoms with E-state index in [9.17, 15) is 9.59 Å². The van der Waals surface area contributed by atoms with Crippen molar-refractivity contribution >= 4 is 12.5 Å². The number of hydrogen-bond donors (Lipinski definition) is 1. The Bertz CT molecular complexity index is 226. The van der Waals surface area contributed by atoms with E-state index in [1.807, 2.05) is 20.8 Å². The van der Waals surface area contributed by atoms with Crippen molar-refractivity contribution in [1.82, 2.24) is 10.2 Å². The number of ether oxygens (including phenoxy) is 1. The molecule has 0 aromatic carbocycles. The summed E-state index contributed by atoms with van der Waals surface area (Å²) >= 11 is 0. The number of amides is 2. The van der Waals surface area contributed by atoms with Crippen molar-refractivity contribution < 1.29 is 14.3 Å². The second kappa shape index (κ2) is 8.84. The number of methoxy groups -OCH3 is 1. The predicted molar refractivity (Wildman–Crippen MR) is 66.7 cm³/mol. The molecule has 5 heteroatoms. The van der Waals surface area contributed by atoms with Crippen LogP contribution in [0.2, 0.25) is 0 Å². The minimum atomic E-state index is -0.360. The van der Waals surface area contributed by atoms with E-state index < -0.39 is 0 Å². The molecule has 0 radical (unpaired) electrons. The number of carbonyl (C=O) groups is 2. The minimum absolute atomic E-state index is 0.174. The van der Waals surface area contributed by atoms with E-state index >= 15 is 0 Å². The first kappa shape index (κ1) is 15.7. The molecule has 5 nitrogen and oxygen atoms in total. The summed E-state index contributed by atoms with van der Waals surface area (Å²) in [6.07, 6.45) is 2.95. The molecular weight excluding hydrogens is 220 g/mol. The zero-order chi connectivity index (χ0) is 13.3. The fraction of sp³-hybridized carbons (Fsp3) is 0.833. The van der Waals surface area contributed by atoms with Gasteiger partial charge in [-0.15, -0.1) is 0 Å². The fourth-order valence-electron chi connectivity index (χ4n) is 1.26. The van der Waals surface area contributed by atoms with Gasteiger partial charge in [-0.2, -0.15) is 0 Å². The average molecular weight is 244 g/mol. The Hall–Kier alpha value is -1.26. The first-order valence-electron chi connectivity index (χ1n) is 6.05. The van der Waals surface area contributed by atoms with Gasteiger partial charge in [0.1, 0.15) is 0 Å². The van der Waals surface area contributed by atoms with E-state index in [0.717, 1.165) is 19.5 Å². The topological polar surface area (TPSA) is 58.6 Å². The largest absolute Gasteiger partial charge is 0.453 e. The van der Waals surface area contributed by atoms with E-state index in [4.69, 9.17) is 0 Å². The third kappa shape index (κ3) is 7.60. The van der Waals surface area contributed by atoms with Crippen molar-refractivity contribution in [3.63, 3.8) is 0 Å². The number of alkyl carbamates (subject to hydrolysis) is 1. The standard InChI is InChI=1S/C7H15NO2.C5H9NO/c1-5(2)6(3)8-7(9)10-4;7-5-6-3-1-2-4-6/h5-6H,1-4H3,(H,8,9);5H,1-4H2. The smallest absolute Gasteiger partial charge is 0.407 e. The maximum absolute atomic E-state index is 10.6. The van der Waals surface area contributed by atoms with Gasteiger partial charge in [0, 0.05) is 19.1 Å². The molecule has 1 fully saturated rings. The molecule has 1 saturated heterocycles. The predicted octanol–water partition coefficient (Wildman–Crippen LogP) is 1.63. The Kier molecular flexibility index (Phi) is 8.19. The molecule has 0 aromatic heterocycles. The molecule has 1 aliphatic heterocycles. The van der Waals surface area contributed by atoms with Gasteiger partial charge in [-0.1, -0.05) is 13.8 Å². The van der Waals surface area contributed by atoms with Crippen LogP contribution in [0.4, 0.5) is 4.79 Å². The van der Waals surface area contributed by atoms with E-state index in [1.165, 1.54) is 20.0 Å². The molecule has 2 amide bonds. The number of nitrogens with one attached hydrogen (secondary N) is 1. The highest BCUT2D eigenvalue weighted by Crippen LogP contribution is 2.02. The van der Waals surface area contributed by atoms with Gasteiger partial charge in [0.05, 0.1) is 7.11 Å². The first-order chi connectivity index (χ1) is 8.01. The molecule has 1 unspecified atom stereocenters. The van der Waals surface area contributed by atoms with E-state index in [1.54, 1.807) is 4.90 Å². The summed E-state index contributed by atoms with van der Waals surface area (Å²) in [4.78, 5) is 22.3. The van der Waals surface area contributed by atoms with Crippen LogP contribution >= 0.6 is 0 Å². The van der Waals surface area contributed by atoms with Crippen LogP contribution in [0.5, 0.6) is 0 Å². The highest BCUT2D eigenvalue weighted by atomic mass is 16.5. The lowest BCUT2D eigenvalue weighted by atomic mass is 10.1. The number of hydrogen-bond acceptors (Lipinski definition) is 3. The Morgan fingerprint density at radius 1 is 1.29 bits per heavy atom. The van der Waals surface area contributed by atoms with Crippen molar-refractivity contribution in [2.24, 2.45) is 5.92 Å². The van der Waals surface area contributed by atoms with Gasteiger partial charge in [0.25, 0.3) is 0 Å². The van der Waals surface area contributed by atoms with Gasteiger partial charge >= 0.3 is 6.09 Å². The zero-order valence-electron chi connectivity index (χ0n) is 11.2. The van der Waals surface area contributed by atoms with Crippen LogP contribution in [0.3, 0.4) is 0 Å². The van der Waals surface area contributed by atoms with Gasteiger partial charge in [-0.05, 0) is 25.7 Å². The summed E-state index contributed by atoms with van der Waals surface area (Å²) in [6, 6.07) is 0.174. The number of likely N-dealkylation sites (tertiary alicyclic amines) is 1. The van der Waals surface area contributed by atoms with E-state index in [-0.39, 0.29) is 12.1 Å². The monoisotopic (exact) mass is 244 g/mol. The van der Waals surface area contributed by atoms with Crippen LogP contribution in [0.25, 0.3) is 0 Å². The van der Waals surface area contributed by atoms with Crippen molar-refractivity contribution in [3.8, 4) is 0 Å². The summed E-state index contributed by atoms with van der Waals surface area (Å²) in [6.45, 7) is 7.98. The third-order valence-electron chi connectivity index (χ3n) is 2.82. The lowest BCUT2D eigenvalue weighted by Gasteiger charge is -2.15. The molecule has 0 bridgehead atoms. The molecule has 100 valence electrons. The van der Waals surface area contributed by atoms with Crippen molar-refractivity contribution in [2.45, 2.75) is 39.7 Å².